The topological polar surface area (TPSA) is 126 Å². The number of alkyl halides is 3. The molecule has 0 saturated heterocycles. The molecule has 1 aromatic rings. The number of fused-ring (bicyclic) bond motifs is 4. The summed E-state index contributed by atoms with van der Waals surface area (Å²) in [5.74, 6) is -0.435. The van der Waals surface area contributed by atoms with Crippen LogP contribution in [0.15, 0.2) is 18.2 Å². The summed E-state index contributed by atoms with van der Waals surface area (Å²) >= 11 is 5.99. The van der Waals surface area contributed by atoms with Crippen molar-refractivity contribution in [2.75, 3.05) is 6.61 Å². The first kappa shape index (κ1) is 27.4. The summed E-state index contributed by atoms with van der Waals surface area (Å²) in [4.78, 5) is 25.6. The average molecular weight is 563 g/mol. The number of carbonyl (C=O) groups excluding carboxylic acids is 2. The molecular weight excluding hydrogens is 533 g/mol. The number of ether oxygens (including phenoxy) is 3. The highest BCUT2D eigenvalue weighted by atomic mass is 35.5. The Morgan fingerprint density at radius 1 is 1.08 bits per heavy atom. The maximum atomic E-state index is 13.1. The summed E-state index contributed by atoms with van der Waals surface area (Å²) in [5, 5.41) is 27.8. The minimum absolute atomic E-state index is 0.0594. The molecule has 5 aliphatic rings. The van der Waals surface area contributed by atoms with E-state index in [0.717, 1.165) is 0 Å². The van der Waals surface area contributed by atoms with Gasteiger partial charge >= 0.3 is 6.36 Å². The number of rotatable bonds is 7. The molecule has 9 nitrogen and oxygen atoms in total. The van der Waals surface area contributed by atoms with Crippen LogP contribution in [0.3, 0.4) is 0 Å². The molecule has 1 aromatic carbocycles. The van der Waals surface area contributed by atoms with Crippen LogP contribution in [-0.4, -0.2) is 70.5 Å². The van der Waals surface area contributed by atoms with E-state index in [1.54, 1.807) is 18.2 Å². The van der Waals surface area contributed by atoms with Crippen molar-refractivity contribution in [3.8, 4) is 5.75 Å². The number of carbonyl (C=O) groups is 2. The van der Waals surface area contributed by atoms with E-state index in [1.807, 2.05) is 0 Å². The van der Waals surface area contributed by atoms with Gasteiger partial charge in [0.05, 0.1) is 30.0 Å². The van der Waals surface area contributed by atoms with E-state index in [1.165, 1.54) is 0 Å². The normalized spacial score (nSPS) is 36.0. The SMILES string of the molecule is O=C(COC1CC(OC(F)(F)F)C1)NC12CCC(NC(=O)[C@@H]3C[C@@H](O)c4cc(Cl)ccc4O3)(CC1)C[C@H]2O. The molecule has 0 unspecified atom stereocenters. The van der Waals surface area contributed by atoms with Crippen LogP contribution < -0.4 is 15.4 Å². The molecule has 0 spiro atoms. The predicted octanol–water partition coefficient (Wildman–Crippen LogP) is 2.66. The van der Waals surface area contributed by atoms with E-state index in [4.69, 9.17) is 21.1 Å². The Hall–Kier alpha value is -2.12. The van der Waals surface area contributed by atoms with Crippen molar-refractivity contribution in [3.63, 3.8) is 0 Å². The molecule has 1 heterocycles. The second-order valence-corrected chi connectivity index (χ2v) is 11.3. The molecule has 6 rings (SSSR count). The summed E-state index contributed by atoms with van der Waals surface area (Å²) in [5.41, 5.74) is -0.987. The number of aliphatic hydroxyl groups is 2. The first-order chi connectivity index (χ1) is 17.9. The molecule has 4 saturated carbocycles. The molecule has 2 bridgehead atoms. The Balaban J connectivity index is 1.10. The monoisotopic (exact) mass is 562 g/mol. The number of hydrogen-bond donors (Lipinski definition) is 4. The smallest absolute Gasteiger partial charge is 0.480 e. The fraction of sp³-hybridized carbons (Fsp3) is 0.680. The molecule has 4 N–H and O–H groups in total. The molecule has 1 aliphatic heterocycles. The highest BCUT2D eigenvalue weighted by Gasteiger charge is 2.56. The van der Waals surface area contributed by atoms with Crippen LogP contribution in [0.4, 0.5) is 13.2 Å². The zero-order valence-corrected chi connectivity index (χ0v) is 21.2. The minimum atomic E-state index is -4.69. The molecule has 0 radical (unpaired) electrons. The number of nitrogens with one attached hydrogen (secondary N) is 2. The van der Waals surface area contributed by atoms with Crippen molar-refractivity contribution < 1.29 is 47.2 Å². The highest BCUT2D eigenvalue weighted by Crippen LogP contribution is 2.47. The summed E-state index contributed by atoms with van der Waals surface area (Å²) in [7, 11) is 0. The fourth-order valence-corrected chi connectivity index (χ4v) is 6.21. The third-order valence-electron chi connectivity index (χ3n) is 8.23. The van der Waals surface area contributed by atoms with Crippen molar-refractivity contribution in [2.24, 2.45) is 0 Å². The van der Waals surface area contributed by atoms with E-state index in [0.29, 0.717) is 42.0 Å². The Labute approximate surface area is 221 Å². The number of amides is 2. The number of benzene rings is 1. The Morgan fingerprint density at radius 3 is 2.45 bits per heavy atom. The summed E-state index contributed by atoms with van der Waals surface area (Å²) in [6.07, 6.45) is -6.51. The molecule has 3 atom stereocenters. The van der Waals surface area contributed by atoms with Crippen molar-refractivity contribution in [2.45, 2.75) is 99.3 Å². The molecule has 38 heavy (non-hydrogen) atoms. The molecule has 0 aromatic heterocycles. The van der Waals surface area contributed by atoms with Gasteiger partial charge in [0.15, 0.2) is 6.10 Å². The molecule has 13 heteroatoms. The lowest BCUT2D eigenvalue weighted by atomic mass is 9.59. The number of hydrogen-bond acceptors (Lipinski definition) is 7. The Morgan fingerprint density at radius 2 is 1.79 bits per heavy atom. The van der Waals surface area contributed by atoms with E-state index >= 15 is 0 Å². The average Bonchev–Trinajstić information content (AvgIpc) is 2.81. The van der Waals surface area contributed by atoms with Crippen LogP contribution in [0.5, 0.6) is 5.75 Å². The van der Waals surface area contributed by atoms with Gasteiger partial charge in [-0.25, -0.2) is 0 Å². The molecule has 4 aliphatic carbocycles. The first-order valence-electron chi connectivity index (χ1n) is 12.7. The van der Waals surface area contributed by atoms with Gasteiger partial charge in [-0.3, -0.25) is 14.3 Å². The second kappa shape index (κ2) is 10.1. The number of halogens is 4. The van der Waals surface area contributed by atoms with E-state index in [9.17, 15) is 33.0 Å². The van der Waals surface area contributed by atoms with Gasteiger partial charge in [-0.2, -0.15) is 0 Å². The van der Waals surface area contributed by atoms with Crippen LogP contribution >= 0.6 is 11.6 Å². The van der Waals surface area contributed by atoms with Crippen molar-refractivity contribution >= 4 is 23.4 Å². The van der Waals surface area contributed by atoms with Gasteiger partial charge in [0.2, 0.25) is 5.91 Å². The fourth-order valence-electron chi connectivity index (χ4n) is 6.03. The zero-order chi connectivity index (χ0) is 27.3. The zero-order valence-electron chi connectivity index (χ0n) is 20.4. The second-order valence-electron chi connectivity index (χ2n) is 10.8. The van der Waals surface area contributed by atoms with Gasteiger partial charge in [-0.15, -0.1) is 13.2 Å². The molecular formula is C25H30ClF3N2O7. The maximum absolute atomic E-state index is 13.1. The van der Waals surface area contributed by atoms with Crippen LogP contribution in [-0.2, 0) is 19.1 Å². The van der Waals surface area contributed by atoms with Gasteiger partial charge in [0.1, 0.15) is 12.4 Å². The summed E-state index contributed by atoms with van der Waals surface area (Å²) in [6, 6.07) is 4.84. The Kier molecular flexibility index (Phi) is 7.31. The van der Waals surface area contributed by atoms with Gasteiger partial charge in [-0.05, 0) is 50.3 Å². The van der Waals surface area contributed by atoms with Gasteiger partial charge in [0.25, 0.3) is 5.91 Å². The van der Waals surface area contributed by atoms with Crippen LogP contribution in [0.2, 0.25) is 5.02 Å². The lowest BCUT2D eigenvalue weighted by molar-refractivity contribution is -0.357. The third kappa shape index (κ3) is 5.74. The minimum Gasteiger partial charge on any atom is -0.480 e. The van der Waals surface area contributed by atoms with E-state index in [-0.39, 0.29) is 38.2 Å². The molecule has 4 fully saturated rings. The molecule has 2 amide bonds. The lowest BCUT2D eigenvalue weighted by Crippen LogP contribution is -2.71. The highest BCUT2D eigenvalue weighted by molar-refractivity contribution is 6.30. The summed E-state index contributed by atoms with van der Waals surface area (Å²) < 4.78 is 51.8. The van der Waals surface area contributed by atoms with Crippen molar-refractivity contribution in [1.82, 2.24) is 10.6 Å². The summed E-state index contributed by atoms with van der Waals surface area (Å²) in [6.45, 7) is -0.326. The molecule has 210 valence electrons. The first-order valence-corrected chi connectivity index (χ1v) is 13.0. The van der Waals surface area contributed by atoms with Crippen molar-refractivity contribution in [1.29, 1.82) is 0 Å². The standard InChI is InChI=1S/C25H30ClF3N2O7/c26-13-1-2-18-16(7-13)17(32)10-19(37-18)22(35)31-23-3-5-24(6-4-23,20(33)11-23)30-21(34)12-36-14-8-15(9-14)38-25(27,28)29/h1-2,7,14-15,17,19-20,32-33H,3-6,8-12H2,(H,30,34)(H,31,35)/t14?,15?,17-,19+,20-,23?,24?/m1/s1. The third-order valence-corrected chi connectivity index (χ3v) is 8.46. The van der Waals surface area contributed by atoms with Gasteiger partial charge < -0.3 is 30.3 Å². The van der Waals surface area contributed by atoms with Gasteiger partial charge in [0, 0.05) is 35.4 Å². The number of aliphatic hydroxyl groups excluding tert-OH is 2. The Bertz CT molecular complexity index is 1070. The van der Waals surface area contributed by atoms with Gasteiger partial charge in [-0.1, -0.05) is 11.6 Å². The quantitative estimate of drug-likeness (QED) is 0.402. The van der Waals surface area contributed by atoms with Crippen LogP contribution in [0.1, 0.15) is 63.0 Å². The largest absolute Gasteiger partial charge is 0.522 e. The van der Waals surface area contributed by atoms with Crippen LogP contribution in [0.25, 0.3) is 0 Å². The lowest BCUT2D eigenvalue weighted by Gasteiger charge is -2.56. The van der Waals surface area contributed by atoms with Crippen LogP contribution in [0, 0.1) is 0 Å². The maximum Gasteiger partial charge on any atom is 0.522 e. The predicted molar refractivity (Wildman–Crippen MR) is 126 cm³/mol. The van der Waals surface area contributed by atoms with E-state index < -0.39 is 53.9 Å². The van der Waals surface area contributed by atoms with Crippen molar-refractivity contribution in [3.05, 3.63) is 28.8 Å². The van der Waals surface area contributed by atoms with E-state index in [2.05, 4.69) is 15.4 Å².